The van der Waals surface area contributed by atoms with E-state index in [-0.39, 0.29) is 0 Å². The number of rotatable bonds is 4. The molecule has 0 bridgehead atoms. The lowest BCUT2D eigenvalue weighted by atomic mass is 9.96. The predicted octanol–water partition coefficient (Wildman–Crippen LogP) is 4.80. The van der Waals surface area contributed by atoms with Crippen molar-refractivity contribution in [2.75, 3.05) is 13.1 Å². The normalized spacial score (nSPS) is 15.6. The third-order valence-electron chi connectivity index (χ3n) is 5.22. The lowest BCUT2D eigenvalue weighted by Crippen LogP contribution is -2.26. The predicted molar refractivity (Wildman–Crippen MR) is 111 cm³/mol. The summed E-state index contributed by atoms with van der Waals surface area (Å²) in [6.07, 6.45) is 4.46. The number of piperidine rings is 1. The van der Waals surface area contributed by atoms with Crippen molar-refractivity contribution < 1.29 is 0 Å². The van der Waals surface area contributed by atoms with E-state index in [1.807, 2.05) is 25.2 Å². The first kappa shape index (κ1) is 18.3. The molecule has 4 heterocycles. The third kappa shape index (κ3) is 3.69. The molecule has 142 valence electrons. The molecule has 2 N–H and O–H groups in total. The molecule has 0 atom stereocenters. The van der Waals surface area contributed by atoms with Crippen LogP contribution in [0.1, 0.15) is 60.4 Å². The van der Waals surface area contributed by atoms with Crippen molar-refractivity contribution in [2.24, 2.45) is 0 Å². The largest absolute Gasteiger partial charge is 0.317 e. The summed E-state index contributed by atoms with van der Waals surface area (Å²) in [5, 5.41) is 12.5. The van der Waals surface area contributed by atoms with Crippen LogP contribution in [0.2, 0.25) is 0 Å². The second kappa shape index (κ2) is 7.52. The fraction of sp³-hybridized carbons (Fsp3) is 0.476. The number of thiazole rings is 1. The summed E-state index contributed by atoms with van der Waals surface area (Å²) in [4.78, 5) is 10.7. The van der Waals surface area contributed by atoms with Gasteiger partial charge in [0, 0.05) is 33.6 Å². The van der Waals surface area contributed by atoms with Crippen LogP contribution in [0.15, 0.2) is 18.3 Å². The smallest absolute Gasteiger partial charge is 0.141 e. The van der Waals surface area contributed by atoms with Crippen LogP contribution in [0, 0.1) is 13.8 Å². The van der Waals surface area contributed by atoms with Crippen LogP contribution in [0.5, 0.6) is 0 Å². The fourth-order valence-electron chi connectivity index (χ4n) is 3.96. The molecule has 0 spiro atoms. The van der Waals surface area contributed by atoms with Gasteiger partial charge in [-0.15, -0.1) is 11.3 Å². The van der Waals surface area contributed by atoms with Crippen molar-refractivity contribution in [3.05, 3.63) is 40.2 Å². The van der Waals surface area contributed by atoms with Crippen molar-refractivity contribution in [2.45, 2.75) is 52.4 Å². The Morgan fingerprint density at radius 3 is 2.48 bits per heavy atom. The van der Waals surface area contributed by atoms with E-state index in [0.717, 1.165) is 46.4 Å². The maximum Gasteiger partial charge on any atom is 0.141 e. The fourth-order valence-corrected chi connectivity index (χ4v) is 5.06. The molecule has 0 saturated carbocycles. The summed E-state index contributed by atoms with van der Waals surface area (Å²) in [7, 11) is 0. The zero-order chi connectivity index (χ0) is 19.0. The van der Waals surface area contributed by atoms with E-state index < -0.39 is 0 Å². The Morgan fingerprint density at radius 1 is 1.11 bits per heavy atom. The minimum absolute atomic E-state index is 0.355. The molecule has 1 saturated heterocycles. The van der Waals surface area contributed by atoms with Crippen LogP contribution in [0.4, 0.5) is 0 Å². The van der Waals surface area contributed by atoms with Gasteiger partial charge in [0.2, 0.25) is 0 Å². The van der Waals surface area contributed by atoms with Crippen molar-refractivity contribution >= 4 is 11.3 Å². The quantitative estimate of drug-likeness (QED) is 0.681. The molecule has 1 aliphatic rings. The van der Waals surface area contributed by atoms with Gasteiger partial charge in [-0.05, 0) is 63.7 Å². The van der Waals surface area contributed by atoms with Gasteiger partial charge in [-0.2, -0.15) is 5.10 Å². The molecule has 3 aromatic rings. The Labute approximate surface area is 164 Å². The van der Waals surface area contributed by atoms with Gasteiger partial charge < -0.3 is 5.32 Å². The number of H-pyrrole nitrogens is 1. The lowest BCUT2D eigenvalue weighted by molar-refractivity contribution is 0.465. The SMILES string of the molecule is Cc1cc(-c2n[nH]c(-c3ncc(C4CCNCC4)s3)c2C(C)C)cc(C)n1. The second-order valence-corrected chi connectivity index (χ2v) is 8.81. The molecule has 1 fully saturated rings. The Morgan fingerprint density at radius 2 is 1.81 bits per heavy atom. The first-order chi connectivity index (χ1) is 13.0. The molecule has 6 heteroatoms. The number of aromatic nitrogens is 4. The highest BCUT2D eigenvalue weighted by molar-refractivity contribution is 7.15. The molecule has 0 aliphatic carbocycles. The van der Waals surface area contributed by atoms with Gasteiger partial charge in [0.15, 0.2) is 0 Å². The van der Waals surface area contributed by atoms with E-state index in [9.17, 15) is 0 Å². The monoisotopic (exact) mass is 381 g/mol. The minimum atomic E-state index is 0.355. The summed E-state index contributed by atoms with van der Waals surface area (Å²) >= 11 is 1.82. The number of hydrogen-bond acceptors (Lipinski definition) is 5. The van der Waals surface area contributed by atoms with Crippen molar-refractivity contribution in [1.82, 2.24) is 25.5 Å². The highest BCUT2D eigenvalue weighted by Gasteiger charge is 2.23. The summed E-state index contributed by atoms with van der Waals surface area (Å²) in [5.74, 6) is 0.988. The molecule has 0 radical (unpaired) electrons. The third-order valence-corrected chi connectivity index (χ3v) is 6.39. The summed E-state index contributed by atoms with van der Waals surface area (Å²) in [5.41, 5.74) is 6.50. The number of nitrogens with zero attached hydrogens (tertiary/aromatic N) is 3. The molecular formula is C21H27N5S. The van der Waals surface area contributed by atoms with Crippen LogP contribution < -0.4 is 5.32 Å². The number of pyridine rings is 1. The number of aryl methyl sites for hydroxylation is 2. The molecule has 3 aromatic heterocycles. The maximum atomic E-state index is 4.76. The van der Waals surface area contributed by atoms with E-state index in [0.29, 0.717) is 11.8 Å². The van der Waals surface area contributed by atoms with Gasteiger partial charge >= 0.3 is 0 Å². The molecule has 1 aliphatic heterocycles. The van der Waals surface area contributed by atoms with Gasteiger partial charge in [0.05, 0.1) is 11.4 Å². The zero-order valence-electron chi connectivity index (χ0n) is 16.5. The van der Waals surface area contributed by atoms with Crippen LogP contribution in [0.3, 0.4) is 0 Å². The number of aromatic amines is 1. The van der Waals surface area contributed by atoms with Crippen molar-refractivity contribution in [3.63, 3.8) is 0 Å². The first-order valence-corrected chi connectivity index (χ1v) is 10.6. The molecule has 0 amide bonds. The van der Waals surface area contributed by atoms with Crippen LogP contribution in [0.25, 0.3) is 22.0 Å². The second-order valence-electron chi connectivity index (χ2n) is 7.75. The Bertz CT molecular complexity index is 914. The summed E-state index contributed by atoms with van der Waals surface area (Å²) in [6, 6.07) is 4.22. The van der Waals surface area contributed by atoms with Crippen LogP contribution in [-0.2, 0) is 0 Å². The minimum Gasteiger partial charge on any atom is -0.317 e. The van der Waals surface area contributed by atoms with E-state index in [1.54, 1.807) is 0 Å². The summed E-state index contributed by atoms with van der Waals surface area (Å²) < 4.78 is 0. The zero-order valence-corrected chi connectivity index (χ0v) is 17.3. The Kier molecular flexibility index (Phi) is 5.10. The number of nitrogens with one attached hydrogen (secondary N) is 2. The molecular weight excluding hydrogens is 354 g/mol. The first-order valence-electron chi connectivity index (χ1n) is 9.73. The summed E-state index contributed by atoms with van der Waals surface area (Å²) in [6.45, 7) is 10.7. The van der Waals surface area contributed by atoms with E-state index in [4.69, 9.17) is 10.1 Å². The molecule has 0 unspecified atom stereocenters. The van der Waals surface area contributed by atoms with Gasteiger partial charge in [0.25, 0.3) is 0 Å². The molecule has 27 heavy (non-hydrogen) atoms. The lowest BCUT2D eigenvalue weighted by Gasteiger charge is -2.20. The topological polar surface area (TPSA) is 66.5 Å². The van der Waals surface area contributed by atoms with Gasteiger partial charge in [-0.3, -0.25) is 10.1 Å². The van der Waals surface area contributed by atoms with Crippen molar-refractivity contribution in [3.8, 4) is 22.0 Å². The van der Waals surface area contributed by atoms with Gasteiger partial charge in [0.1, 0.15) is 5.01 Å². The van der Waals surface area contributed by atoms with E-state index >= 15 is 0 Å². The van der Waals surface area contributed by atoms with Crippen molar-refractivity contribution in [1.29, 1.82) is 0 Å². The molecule has 5 nitrogen and oxygen atoms in total. The Hall–Kier alpha value is -2.05. The maximum absolute atomic E-state index is 4.76. The van der Waals surface area contributed by atoms with E-state index in [2.05, 4.69) is 47.6 Å². The Balaban J connectivity index is 1.74. The van der Waals surface area contributed by atoms with Gasteiger partial charge in [-0.25, -0.2) is 4.98 Å². The average molecular weight is 382 g/mol. The molecule has 0 aromatic carbocycles. The van der Waals surface area contributed by atoms with Gasteiger partial charge in [-0.1, -0.05) is 13.8 Å². The van der Waals surface area contributed by atoms with E-state index in [1.165, 1.54) is 23.3 Å². The number of hydrogen-bond donors (Lipinski definition) is 2. The standard InChI is InChI=1S/C21H27N5S/c1-12(2)18-19(16-9-13(3)24-14(4)10-16)25-26-20(18)21-23-11-17(27-21)15-5-7-22-8-6-15/h9-12,15,22H,5-8H2,1-4H3,(H,25,26). The molecule has 4 rings (SSSR count). The average Bonchev–Trinajstić information content (AvgIpc) is 3.28. The highest BCUT2D eigenvalue weighted by atomic mass is 32.1. The van der Waals surface area contributed by atoms with Crippen LogP contribution >= 0.6 is 11.3 Å². The highest BCUT2D eigenvalue weighted by Crippen LogP contribution is 2.39. The van der Waals surface area contributed by atoms with Crippen LogP contribution in [-0.4, -0.2) is 33.3 Å².